The van der Waals surface area contributed by atoms with Crippen molar-refractivity contribution in [3.05, 3.63) is 101 Å². The molecule has 1 amide bonds. The van der Waals surface area contributed by atoms with E-state index in [2.05, 4.69) is 89.1 Å². The summed E-state index contributed by atoms with van der Waals surface area (Å²) in [5.74, 6) is 3.68. The average Bonchev–Trinajstić information content (AvgIpc) is 3.57. The molecule has 3 fully saturated rings. The molecule has 3 nitrogen and oxygen atoms in total. The third-order valence-corrected chi connectivity index (χ3v) is 9.76. The van der Waals surface area contributed by atoms with Gasteiger partial charge in [0.1, 0.15) is 0 Å². The second-order valence-corrected chi connectivity index (χ2v) is 11.7. The summed E-state index contributed by atoms with van der Waals surface area (Å²) in [6.07, 6.45) is 7.39. The Kier molecular flexibility index (Phi) is 5.60. The van der Waals surface area contributed by atoms with E-state index in [-0.39, 0.29) is 5.91 Å². The van der Waals surface area contributed by atoms with Crippen LogP contribution in [0.5, 0.6) is 0 Å². The lowest BCUT2D eigenvalue weighted by molar-refractivity contribution is 0.0690. The number of carbonyl (C=O) groups is 1. The number of nitrogens with zero attached hydrogens (tertiary/aromatic N) is 1. The Morgan fingerprint density at radius 1 is 0.833 bits per heavy atom. The molecular weight excluding hydrogens is 440 g/mol. The molecule has 1 saturated heterocycles. The van der Waals surface area contributed by atoms with Crippen LogP contribution in [0, 0.1) is 23.7 Å². The van der Waals surface area contributed by atoms with Crippen molar-refractivity contribution in [1.82, 2.24) is 4.90 Å². The molecule has 36 heavy (non-hydrogen) atoms. The number of fused-ring (bicyclic) bond motifs is 7. The van der Waals surface area contributed by atoms with Crippen molar-refractivity contribution in [2.24, 2.45) is 23.7 Å². The fourth-order valence-electron chi connectivity index (χ4n) is 8.08. The van der Waals surface area contributed by atoms with Crippen LogP contribution in [0.1, 0.15) is 71.1 Å². The molecule has 1 N–H and O–H groups in total. The maximum Gasteiger partial charge on any atom is 0.253 e. The summed E-state index contributed by atoms with van der Waals surface area (Å²) in [4.78, 5) is 15.7. The maximum absolute atomic E-state index is 13.6. The molecule has 2 aliphatic carbocycles. The van der Waals surface area contributed by atoms with Gasteiger partial charge in [-0.3, -0.25) is 4.79 Å². The van der Waals surface area contributed by atoms with E-state index in [1.54, 1.807) is 0 Å². The Morgan fingerprint density at radius 3 is 2.33 bits per heavy atom. The van der Waals surface area contributed by atoms with Crippen LogP contribution < -0.4 is 5.32 Å². The van der Waals surface area contributed by atoms with Crippen LogP contribution >= 0.6 is 0 Å². The van der Waals surface area contributed by atoms with Crippen LogP contribution in [0.2, 0.25) is 0 Å². The van der Waals surface area contributed by atoms with Gasteiger partial charge in [-0.2, -0.15) is 0 Å². The third-order valence-electron chi connectivity index (χ3n) is 9.76. The highest BCUT2D eigenvalue weighted by Gasteiger charge is 2.53. The molecule has 7 rings (SSSR count). The summed E-state index contributed by atoms with van der Waals surface area (Å²) >= 11 is 0. The van der Waals surface area contributed by atoms with E-state index in [0.717, 1.165) is 49.8 Å². The highest BCUT2D eigenvalue weighted by atomic mass is 16.2. The molecule has 2 heterocycles. The molecule has 184 valence electrons. The Labute approximate surface area is 214 Å². The van der Waals surface area contributed by atoms with Gasteiger partial charge in [0.2, 0.25) is 0 Å². The van der Waals surface area contributed by atoms with Crippen LogP contribution in [0.3, 0.4) is 0 Å². The molecule has 0 aromatic heterocycles. The van der Waals surface area contributed by atoms with Crippen LogP contribution in [0.25, 0.3) is 0 Å². The van der Waals surface area contributed by atoms with E-state index in [1.807, 2.05) is 0 Å². The van der Waals surface area contributed by atoms with Crippen LogP contribution in [-0.4, -0.2) is 23.9 Å². The smallest absolute Gasteiger partial charge is 0.253 e. The first-order valence-corrected chi connectivity index (χ1v) is 14.0. The zero-order valence-corrected chi connectivity index (χ0v) is 21.0. The molecule has 3 aromatic carbocycles. The zero-order chi connectivity index (χ0) is 24.1. The summed E-state index contributed by atoms with van der Waals surface area (Å²) in [5, 5.41) is 3.92. The first kappa shape index (κ1) is 22.2. The predicted octanol–water partition coefficient (Wildman–Crippen LogP) is 7.08. The number of hydrogen-bond donors (Lipinski definition) is 1. The summed E-state index contributed by atoms with van der Waals surface area (Å²) in [6, 6.07) is 28.7. The van der Waals surface area contributed by atoms with Gasteiger partial charge in [-0.1, -0.05) is 60.7 Å². The average molecular weight is 477 g/mol. The second-order valence-electron chi connectivity index (χ2n) is 11.7. The van der Waals surface area contributed by atoms with Crippen molar-refractivity contribution >= 4 is 11.6 Å². The zero-order valence-electron chi connectivity index (χ0n) is 21.0. The van der Waals surface area contributed by atoms with E-state index >= 15 is 0 Å². The lowest BCUT2D eigenvalue weighted by Gasteiger charge is -2.43. The third kappa shape index (κ3) is 3.84. The SMILES string of the molecule is O=C(c1ccc2c(c1)[C@@H]1[C@H]3CC[C@@H](C3)[C@@H]1[C@@H](c1ccccc1)N2)N1CCC(Cc2ccccc2)CC1. The number of likely N-dealkylation sites (tertiary alicyclic amines) is 1. The van der Waals surface area contributed by atoms with Crippen molar-refractivity contribution in [1.29, 1.82) is 0 Å². The Morgan fingerprint density at radius 2 is 1.56 bits per heavy atom. The second kappa shape index (κ2) is 9.10. The summed E-state index contributed by atoms with van der Waals surface area (Å²) in [7, 11) is 0. The number of piperidine rings is 1. The molecule has 3 heteroatoms. The number of nitrogens with one attached hydrogen (secondary N) is 1. The van der Waals surface area contributed by atoms with E-state index < -0.39 is 0 Å². The highest BCUT2D eigenvalue weighted by Crippen LogP contribution is 2.63. The molecule has 2 aliphatic heterocycles. The number of benzene rings is 3. The molecular formula is C33H36N2O. The van der Waals surface area contributed by atoms with Gasteiger partial charge in [0.15, 0.2) is 0 Å². The minimum Gasteiger partial charge on any atom is -0.378 e. The number of anilines is 1. The monoisotopic (exact) mass is 476 g/mol. The van der Waals surface area contributed by atoms with Crippen molar-refractivity contribution < 1.29 is 4.79 Å². The van der Waals surface area contributed by atoms with Crippen LogP contribution in [0.4, 0.5) is 5.69 Å². The van der Waals surface area contributed by atoms with Gasteiger partial charge in [0.05, 0.1) is 6.04 Å². The highest BCUT2D eigenvalue weighted by molar-refractivity contribution is 5.95. The van der Waals surface area contributed by atoms with Gasteiger partial charge >= 0.3 is 0 Å². The fourth-order valence-corrected chi connectivity index (χ4v) is 8.08. The van der Waals surface area contributed by atoms with E-state index in [4.69, 9.17) is 0 Å². The normalized spacial score (nSPS) is 28.9. The lowest BCUT2D eigenvalue weighted by atomic mass is 9.68. The van der Waals surface area contributed by atoms with Gasteiger partial charge < -0.3 is 10.2 Å². The molecule has 2 bridgehead atoms. The van der Waals surface area contributed by atoms with Crippen molar-refractivity contribution in [2.45, 2.75) is 50.5 Å². The number of hydrogen-bond acceptors (Lipinski definition) is 2. The molecule has 0 unspecified atom stereocenters. The molecule has 2 saturated carbocycles. The Bertz CT molecular complexity index is 1230. The first-order chi connectivity index (χ1) is 17.7. The Hall–Kier alpha value is -3.07. The molecule has 0 radical (unpaired) electrons. The largest absolute Gasteiger partial charge is 0.378 e. The van der Waals surface area contributed by atoms with Crippen molar-refractivity contribution in [3.63, 3.8) is 0 Å². The molecule has 3 aromatic rings. The fraction of sp³-hybridized carbons (Fsp3) is 0.424. The van der Waals surface area contributed by atoms with Crippen LogP contribution in [-0.2, 0) is 6.42 Å². The predicted molar refractivity (Wildman–Crippen MR) is 145 cm³/mol. The lowest BCUT2D eigenvalue weighted by Crippen LogP contribution is -2.39. The summed E-state index contributed by atoms with van der Waals surface area (Å²) in [5.41, 5.74) is 6.36. The topological polar surface area (TPSA) is 32.3 Å². The van der Waals surface area contributed by atoms with Gasteiger partial charge in [0, 0.05) is 24.3 Å². The van der Waals surface area contributed by atoms with Gasteiger partial charge in [0.25, 0.3) is 5.91 Å². The number of rotatable bonds is 4. The van der Waals surface area contributed by atoms with Gasteiger partial charge in [-0.25, -0.2) is 0 Å². The minimum atomic E-state index is 0.223. The Balaban J connectivity index is 1.10. The van der Waals surface area contributed by atoms with Crippen molar-refractivity contribution in [2.75, 3.05) is 18.4 Å². The van der Waals surface area contributed by atoms with Crippen molar-refractivity contribution in [3.8, 4) is 0 Å². The molecule has 5 atom stereocenters. The summed E-state index contributed by atoms with van der Waals surface area (Å²) in [6.45, 7) is 1.75. The molecule has 4 aliphatic rings. The minimum absolute atomic E-state index is 0.223. The van der Waals surface area contributed by atoms with E-state index in [0.29, 0.717) is 23.8 Å². The van der Waals surface area contributed by atoms with Crippen LogP contribution in [0.15, 0.2) is 78.9 Å². The first-order valence-electron chi connectivity index (χ1n) is 14.0. The number of amides is 1. The van der Waals surface area contributed by atoms with Gasteiger partial charge in [-0.15, -0.1) is 0 Å². The van der Waals surface area contributed by atoms with Gasteiger partial charge in [-0.05, 0) is 103 Å². The maximum atomic E-state index is 13.6. The molecule has 0 spiro atoms. The van der Waals surface area contributed by atoms with E-state index in [1.165, 1.54) is 41.6 Å². The number of carbonyl (C=O) groups excluding carboxylic acids is 1. The summed E-state index contributed by atoms with van der Waals surface area (Å²) < 4.78 is 0. The van der Waals surface area contributed by atoms with E-state index in [9.17, 15) is 4.79 Å². The standard InChI is InChI=1S/C33H36N2O/c36-33(35-17-15-23(16-18-35)19-22-7-3-1-4-8-22)27-13-14-29-28(21-27)30-25-11-12-26(20-25)31(30)32(34-29)24-9-5-2-6-10-24/h1-10,13-14,21,23,25-26,30-32,34H,11-12,15-20H2/t25-,26-,30-,31-,32+/m0/s1. The quantitative estimate of drug-likeness (QED) is 0.436.